The van der Waals surface area contributed by atoms with E-state index >= 15 is 0 Å². The van der Waals surface area contributed by atoms with Crippen LogP contribution in [0.25, 0.3) is 6.08 Å². The van der Waals surface area contributed by atoms with Crippen LogP contribution in [0.5, 0.6) is 0 Å². The van der Waals surface area contributed by atoms with Gasteiger partial charge in [0.1, 0.15) is 0 Å². The zero-order chi connectivity index (χ0) is 15.7. The van der Waals surface area contributed by atoms with E-state index in [1.54, 1.807) is 10.4 Å². The van der Waals surface area contributed by atoms with Crippen LogP contribution in [0.4, 0.5) is 0 Å². The summed E-state index contributed by atoms with van der Waals surface area (Å²) in [7, 11) is 0.637. The highest BCUT2D eigenvalue weighted by Crippen LogP contribution is 2.35. The minimum absolute atomic E-state index is 0.234. The molecule has 1 N–H and O–H groups in total. The van der Waals surface area contributed by atoms with E-state index < -0.39 is 10.0 Å². The second-order valence-corrected chi connectivity index (χ2v) is 7.94. The molecule has 6 heteroatoms. The quantitative estimate of drug-likeness (QED) is 0.912. The van der Waals surface area contributed by atoms with Crippen LogP contribution >= 0.6 is 0 Å². The van der Waals surface area contributed by atoms with Crippen molar-refractivity contribution >= 4 is 16.1 Å². The van der Waals surface area contributed by atoms with E-state index in [1.165, 1.54) is 0 Å². The third-order valence-corrected chi connectivity index (χ3v) is 6.38. The molecule has 22 heavy (non-hydrogen) atoms. The predicted octanol–water partition coefficient (Wildman–Crippen LogP) is 1.30. The first-order chi connectivity index (χ1) is 10.5. The van der Waals surface area contributed by atoms with Crippen molar-refractivity contribution in [3.63, 3.8) is 0 Å². The Bertz CT molecular complexity index is 677. The summed E-state index contributed by atoms with van der Waals surface area (Å²) in [5, 5.41) is 3.20. The van der Waals surface area contributed by atoms with E-state index in [9.17, 15) is 8.42 Å². The van der Waals surface area contributed by atoms with Crippen molar-refractivity contribution in [1.82, 2.24) is 14.5 Å². The summed E-state index contributed by atoms with van der Waals surface area (Å²) in [6.07, 6.45) is 4.95. The zero-order valence-electron chi connectivity index (χ0n) is 13.1. The molecule has 1 unspecified atom stereocenters. The Balaban J connectivity index is 2.06. The van der Waals surface area contributed by atoms with E-state index in [0.29, 0.717) is 31.1 Å². The summed E-state index contributed by atoms with van der Waals surface area (Å²) in [5.41, 5.74) is 1.95. The molecule has 0 amide bonds. The van der Waals surface area contributed by atoms with Crippen molar-refractivity contribution in [3.05, 3.63) is 35.4 Å². The molecule has 0 saturated carbocycles. The van der Waals surface area contributed by atoms with Gasteiger partial charge >= 0.3 is 0 Å². The Morgan fingerprint density at radius 2 is 1.95 bits per heavy atom. The molecule has 1 aromatic carbocycles. The fourth-order valence-corrected chi connectivity index (χ4v) is 4.87. The number of fused-ring (bicyclic) bond motifs is 1. The third kappa shape index (κ3) is 2.72. The van der Waals surface area contributed by atoms with Crippen LogP contribution in [0.1, 0.15) is 23.6 Å². The maximum atomic E-state index is 13.0. The van der Waals surface area contributed by atoms with Gasteiger partial charge in [-0.05, 0) is 37.7 Å². The highest BCUT2D eigenvalue weighted by Gasteiger charge is 2.30. The monoisotopic (exact) mass is 321 g/mol. The second-order valence-electron chi connectivity index (χ2n) is 6.03. The summed E-state index contributed by atoms with van der Waals surface area (Å²) < 4.78 is 27.6. The van der Waals surface area contributed by atoms with Crippen molar-refractivity contribution in [1.29, 1.82) is 0 Å². The molecule has 0 radical (unpaired) electrons. The van der Waals surface area contributed by atoms with Gasteiger partial charge in [0.15, 0.2) is 0 Å². The van der Waals surface area contributed by atoms with E-state index in [-0.39, 0.29) is 6.04 Å². The normalized spacial score (nSPS) is 22.8. The van der Waals surface area contributed by atoms with Gasteiger partial charge in [0.05, 0.1) is 4.90 Å². The summed E-state index contributed by atoms with van der Waals surface area (Å²) >= 11 is 0. The largest absolute Gasteiger partial charge is 0.314 e. The molecule has 1 aromatic rings. The molecule has 1 fully saturated rings. The minimum Gasteiger partial charge on any atom is -0.314 e. The summed E-state index contributed by atoms with van der Waals surface area (Å²) in [4.78, 5) is 2.58. The van der Waals surface area contributed by atoms with Gasteiger partial charge in [0.25, 0.3) is 0 Å². The molecule has 2 aliphatic rings. The van der Waals surface area contributed by atoms with Gasteiger partial charge in [-0.15, -0.1) is 0 Å². The average molecular weight is 321 g/mol. The number of nitrogens with one attached hydrogen (secondary N) is 1. The SMILES string of the molecule is CN(C)C1CC=Cc2c1cccc2S(=O)(=O)N1CCNCC1. The number of sulfonamides is 1. The van der Waals surface area contributed by atoms with E-state index in [1.807, 2.05) is 32.3 Å². The Morgan fingerprint density at radius 1 is 1.23 bits per heavy atom. The van der Waals surface area contributed by atoms with Crippen molar-refractivity contribution in [2.75, 3.05) is 40.3 Å². The zero-order valence-corrected chi connectivity index (χ0v) is 13.9. The molecular weight excluding hydrogens is 298 g/mol. The van der Waals surface area contributed by atoms with Gasteiger partial charge in [-0.2, -0.15) is 4.31 Å². The minimum atomic E-state index is -3.43. The molecule has 1 heterocycles. The molecule has 1 aliphatic carbocycles. The first-order valence-electron chi connectivity index (χ1n) is 7.68. The standard InChI is InChI=1S/C16H23N3O2S/c1-18(2)15-7-3-6-14-13(15)5-4-8-16(14)22(20,21)19-11-9-17-10-12-19/h3-6,8,15,17H,7,9-12H2,1-2H3. The van der Waals surface area contributed by atoms with E-state index in [2.05, 4.69) is 16.3 Å². The molecular formula is C16H23N3O2S. The second kappa shape index (κ2) is 6.12. The molecule has 3 rings (SSSR count). The van der Waals surface area contributed by atoms with Crippen molar-refractivity contribution in [2.24, 2.45) is 0 Å². The highest BCUT2D eigenvalue weighted by molar-refractivity contribution is 7.89. The average Bonchev–Trinajstić information content (AvgIpc) is 2.54. The Morgan fingerprint density at radius 3 is 2.64 bits per heavy atom. The first-order valence-corrected chi connectivity index (χ1v) is 9.12. The van der Waals surface area contributed by atoms with Crippen LogP contribution in [0, 0.1) is 0 Å². The van der Waals surface area contributed by atoms with Gasteiger partial charge in [-0.1, -0.05) is 24.3 Å². The Kier molecular flexibility index (Phi) is 4.36. The summed E-state index contributed by atoms with van der Waals surface area (Å²) in [6.45, 7) is 2.49. The lowest BCUT2D eigenvalue weighted by molar-refractivity contribution is 0.299. The Hall–Kier alpha value is -1.21. The highest BCUT2D eigenvalue weighted by atomic mass is 32.2. The Labute approximate surface area is 132 Å². The number of hydrogen-bond donors (Lipinski definition) is 1. The molecule has 0 spiro atoms. The van der Waals surface area contributed by atoms with Crippen molar-refractivity contribution < 1.29 is 8.42 Å². The van der Waals surface area contributed by atoms with Gasteiger partial charge in [0, 0.05) is 32.2 Å². The topological polar surface area (TPSA) is 52.7 Å². The van der Waals surface area contributed by atoms with Crippen molar-refractivity contribution in [3.8, 4) is 0 Å². The maximum absolute atomic E-state index is 13.0. The van der Waals surface area contributed by atoms with Gasteiger partial charge in [-0.25, -0.2) is 8.42 Å². The molecule has 0 aromatic heterocycles. The smallest absolute Gasteiger partial charge is 0.243 e. The lowest BCUT2D eigenvalue weighted by Gasteiger charge is -2.31. The molecule has 0 bridgehead atoms. The number of benzene rings is 1. The molecule has 1 saturated heterocycles. The van der Waals surface area contributed by atoms with Crippen LogP contribution in [0.2, 0.25) is 0 Å². The summed E-state index contributed by atoms with van der Waals surface area (Å²) in [6, 6.07) is 5.88. The van der Waals surface area contributed by atoms with E-state index in [4.69, 9.17) is 0 Å². The van der Waals surface area contributed by atoms with Crippen LogP contribution in [0.3, 0.4) is 0 Å². The van der Waals surface area contributed by atoms with Crippen LogP contribution in [0.15, 0.2) is 29.2 Å². The molecule has 120 valence electrons. The molecule has 5 nitrogen and oxygen atoms in total. The first kappa shape index (κ1) is 15.7. The predicted molar refractivity (Wildman–Crippen MR) is 88.1 cm³/mol. The lowest BCUT2D eigenvalue weighted by Crippen LogP contribution is -2.46. The maximum Gasteiger partial charge on any atom is 0.243 e. The van der Waals surface area contributed by atoms with Crippen LogP contribution < -0.4 is 5.32 Å². The van der Waals surface area contributed by atoms with Gasteiger partial charge in [0.2, 0.25) is 10.0 Å². The number of piperazine rings is 1. The number of hydrogen-bond acceptors (Lipinski definition) is 4. The summed E-state index contributed by atoms with van der Waals surface area (Å²) in [5.74, 6) is 0. The third-order valence-electron chi connectivity index (χ3n) is 4.42. The van der Waals surface area contributed by atoms with Crippen molar-refractivity contribution in [2.45, 2.75) is 17.4 Å². The van der Waals surface area contributed by atoms with Gasteiger partial charge in [-0.3, -0.25) is 0 Å². The number of nitrogens with zero attached hydrogens (tertiary/aromatic N) is 2. The fourth-order valence-electron chi connectivity index (χ4n) is 3.21. The lowest BCUT2D eigenvalue weighted by atomic mass is 9.92. The van der Waals surface area contributed by atoms with E-state index in [0.717, 1.165) is 17.5 Å². The van der Waals surface area contributed by atoms with Crippen LogP contribution in [-0.2, 0) is 10.0 Å². The fraction of sp³-hybridized carbons (Fsp3) is 0.500. The molecule has 1 aliphatic heterocycles. The van der Waals surface area contributed by atoms with Gasteiger partial charge < -0.3 is 10.2 Å². The van der Waals surface area contributed by atoms with Crippen LogP contribution in [-0.4, -0.2) is 57.9 Å². The number of rotatable bonds is 3. The molecule has 1 atom stereocenters.